The number of hydrogen-bond acceptors (Lipinski definition) is 4. The topological polar surface area (TPSA) is 22.6 Å². The van der Waals surface area contributed by atoms with Crippen LogP contribution in [-0.4, -0.2) is 66.6 Å². The second-order valence-electron chi connectivity index (χ2n) is 7.36. The zero-order valence-electron chi connectivity index (χ0n) is 13.8. The third-order valence-electron chi connectivity index (χ3n) is 5.54. The van der Waals surface area contributed by atoms with Gasteiger partial charge >= 0.3 is 0 Å². The Kier molecular flexibility index (Phi) is 4.74. The second-order valence-corrected chi connectivity index (χ2v) is 7.79. The summed E-state index contributed by atoms with van der Waals surface area (Å²) in [5.74, 6) is 1.94. The first-order chi connectivity index (χ1) is 11.3. The van der Waals surface area contributed by atoms with Crippen molar-refractivity contribution in [3.05, 3.63) is 23.4 Å². The standard InChI is InChI=1S/C18H27ClN4/c19-16-3-6-18(20-12-16)22-10-8-21(9-11-22)13-15-2-1-7-23(14-15)17-4-5-17/h3,6,12,15,17H,1-2,4-5,7-11,13-14H2. The second kappa shape index (κ2) is 6.96. The van der Waals surface area contributed by atoms with Gasteiger partial charge in [0.25, 0.3) is 0 Å². The number of halogens is 1. The molecule has 0 spiro atoms. The maximum Gasteiger partial charge on any atom is 0.128 e. The fraction of sp³-hybridized carbons (Fsp3) is 0.722. The fourth-order valence-corrected chi connectivity index (χ4v) is 4.21. The van der Waals surface area contributed by atoms with Gasteiger partial charge in [-0.15, -0.1) is 0 Å². The molecule has 0 N–H and O–H groups in total. The van der Waals surface area contributed by atoms with Crippen LogP contribution < -0.4 is 4.90 Å². The summed E-state index contributed by atoms with van der Waals surface area (Å²) in [4.78, 5) is 12.2. The van der Waals surface area contributed by atoms with Gasteiger partial charge in [0, 0.05) is 51.5 Å². The predicted molar refractivity (Wildman–Crippen MR) is 95.2 cm³/mol. The van der Waals surface area contributed by atoms with Gasteiger partial charge < -0.3 is 9.80 Å². The van der Waals surface area contributed by atoms with Gasteiger partial charge in [0.15, 0.2) is 0 Å². The lowest BCUT2D eigenvalue weighted by Gasteiger charge is -2.39. The summed E-state index contributed by atoms with van der Waals surface area (Å²) in [5.41, 5.74) is 0. The van der Waals surface area contributed by atoms with E-state index in [1.54, 1.807) is 6.20 Å². The Morgan fingerprint density at radius 2 is 1.87 bits per heavy atom. The molecule has 3 fully saturated rings. The van der Waals surface area contributed by atoms with E-state index in [1.165, 1.54) is 45.3 Å². The van der Waals surface area contributed by atoms with Gasteiger partial charge in [-0.25, -0.2) is 4.98 Å². The molecule has 3 heterocycles. The van der Waals surface area contributed by atoms with Gasteiger partial charge in [-0.05, 0) is 50.3 Å². The van der Waals surface area contributed by atoms with Gasteiger partial charge in [-0.2, -0.15) is 0 Å². The summed E-state index contributed by atoms with van der Waals surface area (Å²) in [6, 6.07) is 4.91. The number of piperidine rings is 1. The number of pyridine rings is 1. The molecule has 0 radical (unpaired) electrons. The van der Waals surface area contributed by atoms with Crippen LogP contribution in [0.25, 0.3) is 0 Å². The van der Waals surface area contributed by atoms with Crippen LogP contribution in [0, 0.1) is 5.92 Å². The minimum atomic E-state index is 0.713. The van der Waals surface area contributed by atoms with E-state index in [9.17, 15) is 0 Å². The molecule has 1 aliphatic carbocycles. The number of anilines is 1. The van der Waals surface area contributed by atoms with E-state index < -0.39 is 0 Å². The number of piperazine rings is 1. The molecule has 1 saturated carbocycles. The van der Waals surface area contributed by atoms with Crippen molar-refractivity contribution in [1.29, 1.82) is 0 Å². The summed E-state index contributed by atoms with van der Waals surface area (Å²) in [7, 11) is 0. The van der Waals surface area contributed by atoms with E-state index in [2.05, 4.69) is 19.7 Å². The summed E-state index contributed by atoms with van der Waals surface area (Å²) in [5, 5.41) is 0.713. The summed E-state index contributed by atoms with van der Waals surface area (Å²) >= 11 is 5.93. The zero-order chi connectivity index (χ0) is 15.6. The highest BCUT2D eigenvalue weighted by Crippen LogP contribution is 2.31. The third kappa shape index (κ3) is 3.98. The lowest BCUT2D eigenvalue weighted by atomic mass is 9.97. The molecule has 1 aromatic rings. The van der Waals surface area contributed by atoms with E-state index >= 15 is 0 Å². The van der Waals surface area contributed by atoms with Crippen LogP contribution in [-0.2, 0) is 0 Å². The number of hydrogen-bond donors (Lipinski definition) is 0. The smallest absolute Gasteiger partial charge is 0.128 e. The minimum Gasteiger partial charge on any atom is -0.354 e. The molecular formula is C18H27ClN4. The Labute approximate surface area is 144 Å². The lowest BCUT2D eigenvalue weighted by Crippen LogP contribution is -2.50. The molecule has 1 unspecified atom stereocenters. The van der Waals surface area contributed by atoms with E-state index in [1.807, 2.05) is 12.1 Å². The van der Waals surface area contributed by atoms with E-state index in [0.29, 0.717) is 5.02 Å². The van der Waals surface area contributed by atoms with Crippen LogP contribution in [0.2, 0.25) is 5.02 Å². The summed E-state index contributed by atoms with van der Waals surface area (Å²) < 4.78 is 0. The van der Waals surface area contributed by atoms with Gasteiger partial charge in [0.05, 0.1) is 5.02 Å². The molecule has 0 bridgehead atoms. The minimum absolute atomic E-state index is 0.713. The first kappa shape index (κ1) is 15.7. The number of rotatable bonds is 4. The van der Waals surface area contributed by atoms with Crippen LogP contribution in [0.15, 0.2) is 18.3 Å². The lowest BCUT2D eigenvalue weighted by molar-refractivity contribution is 0.124. The highest BCUT2D eigenvalue weighted by atomic mass is 35.5. The van der Waals surface area contributed by atoms with Crippen LogP contribution in [0.3, 0.4) is 0 Å². The van der Waals surface area contributed by atoms with Gasteiger partial charge in [0.1, 0.15) is 5.82 Å². The van der Waals surface area contributed by atoms with E-state index in [4.69, 9.17) is 11.6 Å². The molecule has 5 heteroatoms. The Hall–Kier alpha value is -0.840. The Balaban J connectivity index is 1.25. The SMILES string of the molecule is Clc1ccc(N2CCN(CC3CCCN(C4CC4)C3)CC2)nc1. The maximum absolute atomic E-state index is 5.93. The molecule has 2 saturated heterocycles. The molecule has 126 valence electrons. The summed E-state index contributed by atoms with van der Waals surface area (Å²) in [6.45, 7) is 8.43. The quantitative estimate of drug-likeness (QED) is 0.844. The van der Waals surface area contributed by atoms with Crippen LogP contribution in [0.5, 0.6) is 0 Å². The Bertz CT molecular complexity index is 508. The largest absolute Gasteiger partial charge is 0.354 e. The van der Waals surface area contributed by atoms with Gasteiger partial charge in [-0.3, -0.25) is 4.90 Å². The van der Waals surface area contributed by atoms with Crippen LogP contribution in [0.4, 0.5) is 5.82 Å². The molecule has 1 atom stereocenters. The van der Waals surface area contributed by atoms with Crippen LogP contribution >= 0.6 is 11.6 Å². The molecule has 2 aliphatic heterocycles. The molecule has 0 aromatic carbocycles. The predicted octanol–water partition coefficient (Wildman–Crippen LogP) is 2.73. The average molecular weight is 335 g/mol. The van der Waals surface area contributed by atoms with Crippen molar-refractivity contribution in [2.24, 2.45) is 5.92 Å². The zero-order valence-corrected chi connectivity index (χ0v) is 14.6. The third-order valence-corrected chi connectivity index (χ3v) is 5.76. The monoisotopic (exact) mass is 334 g/mol. The Morgan fingerprint density at radius 3 is 2.57 bits per heavy atom. The van der Waals surface area contributed by atoms with Crippen molar-refractivity contribution >= 4 is 17.4 Å². The average Bonchev–Trinajstić information content (AvgIpc) is 3.42. The fourth-order valence-electron chi connectivity index (χ4n) is 4.10. The first-order valence-corrected chi connectivity index (χ1v) is 9.48. The number of nitrogens with zero attached hydrogens (tertiary/aromatic N) is 4. The van der Waals surface area contributed by atoms with Crippen LogP contribution in [0.1, 0.15) is 25.7 Å². The van der Waals surface area contributed by atoms with Crippen molar-refractivity contribution in [3.63, 3.8) is 0 Å². The molecule has 4 nitrogen and oxygen atoms in total. The molecule has 4 rings (SSSR count). The van der Waals surface area contributed by atoms with Crippen molar-refractivity contribution in [3.8, 4) is 0 Å². The van der Waals surface area contributed by atoms with Gasteiger partial charge in [-0.1, -0.05) is 11.6 Å². The number of likely N-dealkylation sites (tertiary alicyclic amines) is 1. The van der Waals surface area contributed by atoms with Gasteiger partial charge in [0.2, 0.25) is 0 Å². The molecule has 0 amide bonds. The van der Waals surface area contributed by atoms with Crippen molar-refractivity contribution in [2.45, 2.75) is 31.7 Å². The van der Waals surface area contributed by atoms with E-state index in [0.717, 1.165) is 44.0 Å². The maximum atomic E-state index is 5.93. The Morgan fingerprint density at radius 1 is 1.04 bits per heavy atom. The van der Waals surface area contributed by atoms with Crippen molar-refractivity contribution in [1.82, 2.24) is 14.8 Å². The molecule has 23 heavy (non-hydrogen) atoms. The normalized spacial score (nSPS) is 27.3. The number of aromatic nitrogens is 1. The molecule has 3 aliphatic rings. The van der Waals surface area contributed by atoms with Crippen molar-refractivity contribution in [2.75, 3.05) is 50.7 Å². The van der Waals surface area contributed by atoms with E-state index in [-0.39, 0.29) is 0 Å². The first-order valence-electron chi connectivity index (χ1n) is 9.11. The summed E-state index contributed by atoms with van der Waals surface area (Å²) in [6.07, 6.45) is 7.45. The molecular weight excluding hydrogens is 308 g/mol. The van der Waals surface area contributed by atoms with Crippen molar-refractivity contribution < 1.29 is 0 Å². The molecule has 1 aromatic heterocycles. The highest BCUT2D eigenvalue weighted by molar-refractivity contribution is 6.30. The highest BCUT2D eigenvalue weighted by Gasteiger charge is 2.33.